The lowest BCUT2D eigenvalue weighted by atomic mass is 10.1. The third-order valence-corrected chi connectivity index (χ3v) is 5.09. The molecule has 6 heteroatoms. The normalized spacial score (nSPS) is 19.9. The van der Waals surface area contributed by atoms with Gasteiger partial charge >= 0.3 is 0 Å². The number of fused-ring (bicyclic) bond motifs is 2. The highest BCUT2D eigenvalue weighted by molar-refractivity contribution is 6.05. The van der Waals surface area contributed by atoms with E-state index in [2.05, 4.69) is 26.3 Å². The summed E-state index contributed by atoms with van der Waals surface area (Å²) in [6.45, 7) is 4.62. The molecule has 1 amide bonds. The number of hydrogen-bond acceptors (Lipinski definition) is 5. The van der Waals surface area contributed by atoms with E-state index < -0.39 is 0 Å². The second-order valence-corrected chi connectivity index (χ2v) is 6.78. The number of nitrogens with zero attached hydrogens (tertiary/aromatic N) is 4. The Hall–Kier alpha value is -2.47. The predicted octanol–water partition coefficient (Wildman–Crippen LogP) is 2.45. The number of aromatic nitrogens is 2. The highest BCUT2D eigenvalue weighted by Gasteiger charge is 2.34. The van der Waals surface area contributed by atoms with Gasteiger partial charge in [-0.25, -0.2) is 9.97 Å². The number of nitrogens with one attached hydrogen (secondary N) is 1. The van der Waals surface area contributed by atoms with E-state index in [-0.39, 0.29) is 5.91 Å². The fourth-order valence-electron chi connectivity index (χ4n) is 3.87. The standard InChI is InChI=1S/C19H23N5O/c1-13-10-16(22-19(20-2)21-13)18(25)24-12-15-7-5-9-23(15)11-14-6-3-4-8-17(14)24/h3-4,6,8,10,15H,5,7,9,11-12H2,1-2H3,(H,20,21,22). The summed E-state index contributed by atoms with van der Waals surface area (Å²) in [5.41, 5.74) is 3.44. The monoisotopic (exact) mass is 337 g/mol. The molecule has 1 atom stereocenters. The molecule has 1 saturated heterocycles. The van der Waals surface area contributed by atoms with Gasteiger partial charge in [0.2, 0.25) is 5.95 Å². The smallest absolute Gasteiger partial charge is 0.277 e. The fourth-order valence-corrected chi connectivity index (χ4v) is 3.87. The summed E-state index contributed by atoms with van der Waals surface area (Å²) in [4.78, 5) is 26.4. The molecule has 0 radical (unpaired) electrons. The molecule has 0 bridgehead atoms. The summed E-state index contributed by atoms with van der Waals surface area (Å²) in [7, 11) is 1.76. The van der Waals surface area contributed by atoms with E-state index in [1.54, 1.807) is 13.1 Å². The van der Waals surface area contributed by atoms with Gasteiger partial charge in [0.05, 0.1) is 0 Å². The number of rotatable bonds is 2. The van der Waals surface area contributed by atoms with Gasteiger partial charge in [0.15, 0.2) is 0 Å². The number of para-hydroxylation sites is 1. The maximum absolute atomic E-state index is 13.3. The second kappa shape index (κ2) is 6.44. The lowest BCUT2D eigenvalue weighted by molar-refractivity contribution is 0.0976. The van der Waals surface area contributed by atoms with Crippen LogP contribution in [0.4, 0.5) is 11.6 Å². The Balaban J connectivity index is 1.75. The van der Waals surface area contributed by atoms with Crippen LogP contribution in [0.15, 0.2) is 30.3 Å². The Morgan fingerprint density at radius 3 is 2.96 bits per heavy atom. The van der Waals surface area contributed by atoms with Crippen molar-refractivity contribution in [1.29, 1.82) is 0 Å². The second-order valence-electron chi connectivity index (χ2n) is 6.78. The van der Waals surface area contributed by atoms with Gasteiger partial charge in [-0.15, -0.1) is 0 Å². The molecule has 2 aromatic rings. The summed E-state index contributed by atoms with van der Waals surface area (Å²) in [6.07, 6.45) is 2.34. The molecular weight excluding hydrogens is 314 g/mol. The van der Waals surface area contributed by atoms with Gasteiger partial charge in [0, 0.05) is 37.6 Å². The summed E-state index contributed by atoms with van der Waals surface area (Å²) < 4.78 is 0. The van der Waals surface area contributed by atoms with Gasteiger partial charge in [-0.2, -0.15) is 0 Å². The minimum absolute atomic E-state index is 0.0526. The quantitative estimate of drug-likeness (QED) is 0.912. The van der Waals surface area contributed by atoms with E-state index in [0.717, 1.165) is 30.9 Å². The molecule has 4 rings (SSSR count). The molecule has 1 aromatic carbocycles. The van der Waals surface area contributed by atoms with Gasteiger partial charge in [0.25, 0.3) is 5.91 Å². The third kappa shape index (κ3) is 2.98. The number of carbonyl (C=O) groups excluding carboxylic acids is 1. The topological polar surface area (TPSA) is 61.4 Å². The van der Waals surface area contributed by atoms with E-state index in [0.29, 0.717) is 24.2 Å². The van der Waals surface area contributed by atoms with Crippen molar-refractivity contribution in [2.75, 3.05) is 30.4 Å². The molecule has 0 saturated carbocycles. The highest BCUT2D eigenvalue weighted by atomic mass is 16.2. The number of benzene rings is 1. The van der Waals surface area contributed by atoms with Crippen LogP contribution < -0.4 is 10.2 Å². The number of amides is 1. The van der Waals surface area contributed by atoms with Crippen molar-refractivity contribution in [3.63, 3.8) is 0 Å². The SMILES string of the molecule is CNc1nc(C)cc(C(=O)N2CC3CCCN3Cc3ccccc32)n1. The van der Waals surface area contributed by atoms with Crippen LogP contribution in [0.2, 0.25) is 0 Å². The largest absolute Gasteiger partial charge is 0.357 e. The molecule has 1 unspecified atom stereocenters. The lowest BCUT2D eigenvalue weighted by Gasteiger charge is -2.26. The third-order valence-electron chi connectivity index (χ3n) is 5.09. The van der Waals surface area contributed by atoms with Gasteiger partial charge in [0.1, 0.15) is 5.69 Å². The lowest BCUT2D eigenvalue weighted by Crippen LogP contribution is -2.40. The Morgan fingerprint density at radius 2 is 2.12 bits per heavy atom. The molecular formula is C19H23N5O. The fraction of sp³-hybridized carbons (Fsp3) is 0.421. The first kappa shape index (κ1) is 16.0. The van der Waals surface area contributed by atoms with Crippen LogP contribution in [0.1, 0.15) is 34.6 Å². The molecule has 0 spiro atoms. The zero-order chi connectivity index (χ0) is 17.4. The Labute approximate surface area is 147 Å². The number of hydrogen-bond donors (Lipinski definition) is 1. The van der Waals surface area contributed by atoms with Crippen molar-refractivity contribution < 1.29 is 4.79 Å². The van der Waals surface area contributed by atoms with Gasteiger partial charge in [-0.1, -0.05) is 18.2 Å². The van der Waals surface area contributed by atoms with Crippen molar-refractivity contribution >= 4 is 17.5 Å². The number of carbonyl (C=O) groups is 1. The van der Waals surface area contributed by atoms with Crippen molar-refractivity contribution in [1.82, 2.24) is 14.9 Å². The maximum atomic E-state index is 13.3. The summed E-state index contributed by atoms with van der Waals surface area (Å²) in [5.74, 6) is 0.428. The maximum Gasteiger partial charge on any atom is 0.277 e. The Kier molecular flexibility index (Phi) is 4.13. The number of anilines is 2. The van der Waals surface area contributed by atoms with E-state index in [9.17, 15) is 4.79 Å². The van der Waals surface area contributed by atoms with Crippen molar-refractivity contribution in [3.05, 3.63) is 47.3 Å². The summed E-state index contributed by atoms with van der Waals surface area (Å²) in [5, 5.41) is 2.93. The number of aryl methyl sites for hydroxylation is 1. The molecule has 2 aliphatic heterocycles. The molecule has 0 aliphatic carbocycles. The van der Waals surface area contributed by atoms with E-state index in [1.807, 2.05) is 30.0 Å². The zero-order valence-corrected chi connectivity index (χ0v) is 14.7. The van der Waals surface area contributed by atoms with Crippen LogP contribution in [0, 0.1) is 6.92 Å². The first-order chi connectivity index (χ1) is 12.2. The van der Waals surface area contributed by atoms with Crippen LogP contribution in [0.3, 0.4) is 0 Å². The molecule has 2 aliphatic rings. The summed E-state index contributed by atoms with van der Waals surface area (Å²) in [6, 6.07) is 10.4. The average molecular weight is 337 g/mol. The van der Waals surface area contributed by atoms with E-state index in [1.165, 1.54) is 12.0 Å². The van der Waals surface area contributed by atoms with Crippen molar-refractivity contribution in [2.45, 2.75) is 32.4 Å². The Bertz CT molecular complexity index is 806. The van der Waals surface area contributed by atoms with Gasteiger partial charge < -0.3 is 10.2 Å². The van der Waals surface area contributed by atoms with Gasteiger partial charge in [-0.3, -0.25) is 9.69 Å². The Morgan fingerprint density at radius 1 is 1.28 bits per heavy atom. The molecule has 3 heterocycles. The molecule has 130 valence electrons. The van der Waals surface area contributed by atoms with Crippen LogP contribution in [-0.2, 0) is 6.54 Å². The predicted molar refractivity (Wildman–Crippen MR) is 97.9 cm³/mol. The summed E-state index contributed by atoms with van der Waals surface area (Å²) >= 11 is 0. The molecule has 1 N–H and O–H groups in total. The van der Waals surface area contributed by atoms with Crippen molar-refractivity contribution in [2.24, 2.45) is 0 Å². The first-order valence-electron chi connectivity index (χ1n) is 8.83. The minimum Gasteiger partial charge on any atom is -0.357 e. The van der Waals surface area contributed by atoms with Crippen molar-refractivity contribution in [3.8, 4) is 0 Å². The molecule has 6 nitrogen and oxygen atoms in total. The minimum atomic E-state index is -0.0526. The van der Waals surface area contributed by atoms with Crippen LogP contribution in [0.25, 0.3) is 0 Å². The first-order valence-corrected chi connectivity index (χ1v) is 8.83. The molecule has 1 fully saturated rings. The van der Waals surface area contributed by atoms with E-state index >= 15 is 0 Å². The highest BCUT2D eigenvalue weighted by Crippen LogP contribution is 2.32. The van der Waals surface area contributed by atoms with Crippen LogP contribution in [-0.4, -0.2) is 47.0 Å². The van der Waals surface area contributed by atoms with E-state index in [4.69, 9.17) is 0 Å². The van der Waals surface area contributed by atoms with Crippen LogP contribution in [0.5, 0.6) is 0 Å². The zero-order valence-electron chi connectivity index (χ0n) is 14.7. The van der Waals surface area contributed by atoms with Gasteiger partial charge in [-0.05, 0) is 44.0 Å². The molecule has 1 aromatic heterocycles. The average Bonchev–Trinajstić information content (AvgIpc) is 2.99. The molecule has 25 heavy (non-hydrogen) atoms. The van der Waals surface area contributed by atoms with Crippen LogP contribution >= 0.6 is 0 Å².